The van der Waals surface area contributed by atoms with Crippen molar-refractivity contribution in [2.24, 2.45) is 0 Å². The number of hydrogen-bond acceptors (Lipinski definition) is 6. The molecule has 3 heterocycles. The molecule has 0 fully saturated rings. The average molecular weight is 425 g/mol. The molecule has 0 aliphatic rings. The van der Waals surface area contributed by atoms with E-state index in [0.717, 1.165) is 11.8 Å². The number of allylic oxidation sites excluding steroid dienone is 1. The van der Waals surface area contributed by atoms with Gasteiger partial charge in [-0.05, 0) is 26.0 Å². The fourth-order valence-electron chi connectivity index (χ4n) is 3.06. The van der Waals surface area contributed by atoms with Crippen LogP contribution in [0.1, 0.15) is 18.3 Å². The van der Waals surface area contributed by atoms with E-state index in [1.54, 1.807) is 38.1 Å². The lowest BCUT2D eigenvalue weighted by Crippen LogP contribution is -2.12. The Morgan fingerprint density at radius 3 is 2.65 bits per heavy atom. The van der Waals surface area contributed by atoms with Gasteiger partial charge in [0.1, 0.15) is 11.6 Å². The maximum absolute atomic E-state index is 14.9. The number of halogens is 2. The number of aryl methyl sites for hydroxylation is 1. The molecule has 0 saturated heterocycles. The molecule has 10 heteroatoms. The number of fused-ring (bicyclic) bond motifs is 1. The van der Waals surface area contributed by atoms with Crippen molar-refractivity contribution in [3.05, 3.63) is 53.4 Å². The monoisotopic (exact) mass is 425 g/mol. The quantitative estimate of drug-likeness (QED) is 0.407. The Morgan fingerprint density at radius 1 is 1.10 bits per heavy atom. The first-order valence-corrected chi connectivity index (χ1v) is 9.50. The standard InChI is InChI=1S/C21H21F2N7O/c1-5-6-12-8-17(29-28-12)25-16-10-18(30(3)4)27-21(26-16)31-15-9-14(22)20-13(19(15)23)7-11(2)24-20/h5-10,24H,1-4H3,(H2,25,26,27,28,29)/b6-5+. The Morgan fingerprint density at radius 2 is 1.90 bits per heavy atom. The molecule has 4 aromatic rings. The van der Waals surface area contributed by atoms with E-state index >= 15 is 0 Å². The molecule has 0 spiro atoms. The van der Waals surface area contributed by atoms with E-state index in [1.165, 1.54) is 6.07 Å². The molecule has 0 amide bonds. The molecule has 0 saturated carbocycles. The molecule has 31 heavy (non-hydrogen) atoms. The third kappa shape index (κ3) is 4.18. The summed E-state index contributed by atoms with van der Waals surface area (Å²) in [5.41, 5.74) is 1.54. The van der Waals surface area contributed by atoms with Gasteiger partial charge >= 0.3 is 6.01 Å². The summed E-state index contributed by atoms with van der Waals surface area (Å²) in [5, 5.41) is 10.2. The van der Waals surface area contributed by atoms with Gasteiger partial charge < -0.3 is 19.9 Å². The Labute approximate surface area is 177 Å². The van der Waals surface area contributed by atoms with Gasteiger partial charge in [-0.3, -0.25) is 5.10 Å². The molecular formula is C21H21F2N7O. The zero-order chi connectivity index (χ0) is 22.1. The van der Waals surface area contributed by atoms with Gasteiger partial charge in [0, 0.05) is 43.4 Å². The second-order valence-corrected chi connectivity index (χ2v) is 7.14. The first kappa shape index (κ1) is 20.3. The Bertz CT molecular complexity index is 1280. The number of nitrogens with one attached hydrogen (secondary N) is 3. The zero-order valence-electron chi connectivity index (χ0n) is 17.4. The number of nitrogens with zero attached hydrogens (tertiary/aromatic N) is 4. The smallest absolute Gasteiger partial charge is 0.326 e. The lowest BCUT2D eigenvalue weighted by Gasteiger charge is -2.14. The van der Waals surface area contributed by atoms with Gasteiger partial charge in [0.05, 0.1) is 11.2 Å². The molecule has 160 valence electrons. The number of aromatic nitrogens is 5. The Hall–Kier alpha value is -3.95. The molecule has 1 aromatic carbocycles. The largest absolute Gasteiger partial charge is 0.421 e. The second kappa shape index (κ2) is 8.05. The minimum absolute atomic E-state index is 0.0862. The van der Waals surface area contributed by atoms with Crippen LogP contribution in [-0.4, -0.2) is 39.2 Å². The van der Waals surface area contributed by atoms with Gasteiger partial charge in [0.2, 0.25) is 0 Å². The summed E-state index contributed by atoms with van der Waals surface area (Å²) in [4.78, 5) is 13.1. The summed E-state index contributed by atoms with van der Waals surface area (Å²) in [5.74, 6) is -0.209. The van der Waals surface area contributed by atoms with Gasteiger partial charge in [-0.25, -0.2) is 8.78 Å². The number of rotatable bonds is 6. The van der Waals surface area contributed by atoms with Crippen LogP contribution in [0.3, 0.4) is 0 Å². The molecule has 0 aliphatic carbocycles. The summed E-state index contributed by atoms with van der Waals surface area (Å²) in [6, 6.07) is 5.85. The molecule has 0 unspecified atom stereocenters. The van der Waals surface area contributed by atoms with Gasteiger partial charge in [0.25, 0.3) is 0 Å². The third-order valence-corrected chi connectivity index (χ3v) is 4.45. The van der Waals surface area contributed by atoms with E-state index in [0.29, 0.717) is 23.1 Å². The van der Waals surface area contributed by atoms with Crippen LogP contribution in [0.15, 0.2) is 30.3 Å². The summed E-state index contributed by atoms with van der Waals surface area (Å²) in [6.45, 7) is 3.62. The van der Waals surface area contributed by atoms with Gasteiger partial charge in [0.15, 0.2) is 23.2 Å². The highest BCUT2D eigenvalue weighted by atomic mass is 19.1. The molecule has 0 radical (unpaired) electrons. The van der Waals surface area contributed by atoms with E-state index < -0.39 is 11.6 Å². The topological polar surface area (TPSA) is 94.8 Å². The van der Waals surface area contributed by atoms with Crippen molar-refractivity contribution >= 4 is 34.4 Å². The Balaban J connectivity index is 1.69. The highest BCUT2D eigenvalue weighted by Gasteiger charge is 2.18. The van der Waals surface area contributed by atoms with E-state index in [1.807, 2.05) is 19.1 Å². The maximum Gasteiger partial charge on any atom is 0.326 e. The van der Waals surface area contributed by atoms with Crippen molar-refractivity contribution in [3.63, 3.8) is 0 Å². The van der Waals surface area contributed by atoms with Crippen molar-refractivity contribution in [2.75, 3.05) is 24.3 Å². The van der Waals surface area contributed by atoms with Crippen molar-refractivity contribution in [1.29, 1.82) is 0 Å². The van der Waals surface area contributed by atoms with Crippen molar-refractivity contribution < 1.29 is 13.5 Å². The van der Waals surface area contributed by atoms with Gasteiger partial charge in [-0.2, -0.15) is 15.1 Å². The highest BCUT2D eigenvalue weighted by Crippen LogP contribution is 2.32. The minimum atomic E-state index is -0.697. The molecule has 0 aliphatic heterocycles. The second-order valence-electron chi connectivity index (χ2n) is 7.14. The van der Waals surface area contributed by atoms with Crippen LogP contribution < -0.4 is 15.0 Å². The summed E-state index contributed by atoms with van der Waals surface area (Å²) in [7, 11) is 3.59. The van der Waals surface area contributed by atoms with Crippen molar-refractivity contribution in [1.82, 2.24) is 25.1 Å². The van der Waals surface area contributed by atoms with Gasteiger partial charge in [-0.15, -0.1) is 0 Å². The number of benzene rings is 1. The first-order chi connectivity index (χ1) is 14.8. The fraction of sp³-hybridized carbons (Fsp3) is 0.190. The van der Waals surface area contributed by atoms with E-state index in [9.17, 15) is 8.78 Å². The number of hydrogen-bond donors (Lipinski definition) is 3. The molecule has 3 N–H and O–H groups in total. The zero-order valence-corrected chi connectivity index (χ0v) is 17.4. The molecule has 3 aromatic heterocycles. The SMILES string of the molecule is C/C=C/c1cc(Nc2cc(N(C)C)nc(Oc3cc(F)c4[nH]c(C)cc4c3F)n2)n[nH]1. The normalized spacial score (nSPS) is 11.4. The third-order valence-electron chi connectivity index (χ3n) is 4.45. The van der Waals surface area contributed by atoms with Crippen molar-refractivity contribution in [3.8, 4) is 11.8 Å². The molecule has 8 nitrogen and oxygen atoms in total. The predicted octanol–water partition coefficient (Wildman–Crippen LogP) is 4.90. The van der Waals surface area contributed by atoms with Crippen LogP contribution in [0.2, 0.25) is 0 Å². The average Bonchev–Trinajstić information content (AvgIpc) is 3.32. The van der Waals surface area contributed by atoms with Crippen LogP contribution in [0.25, 0.3) is 17.0 Å². The van der Waals surface area contributed by atoms with Crippen LogP contribution in [0.4, 0.5) is 26.2 Å². The molecule has 4 rings (SSSR count). The first-order valence-electron chi connectivity index (χ1n) is 9.50. The van der Waals surface area contributed by atoms with E-state index in [2.05, 4.69) is 30.5 Å². The van der Waals surface area contributed by atoms with Crippen LogP contribution in [0.5, 0.6) is 11.8 Å². The summed E-state index contributed by atoms with van der Waals surface area (Å²) < 4.78 is 34.9. The lowest BCUT2D eigenvalue weighted by atomic mass is 10.2. The fourth-order valence-corrected chi connectivity index (χ4v) is 3.06. The lowest BCUT2D eigenvalue weighted by molar-refractivity contribution is 0.411. The predicted molar refractivity (Wildman–Crippen MR) is 116 cm³/mol. The molecular weight excluding hydrogens is 404 g/mol. The highest BCUT2D eigenvalue weighted by molar-refractivity contribution is 5.83. The number of anilines is 3. The van der Waals surface area contributed by atoms with Crippen LogP contribution in [-0.2, 0) is 0 Å². The summed E-state index contributed by atoms with van der Waals surface area (Å²) >= 11 is 0. The van der Waals surface area contributed by atoms with Gasteiger partial charge in [-0.1, -0.05) is 6.08 Å². The van der Waals surface area contributed by atoms with Crippen molar-refractivity contribution in [2.45, 2.75) is 13.8 Å². The maximum atomic E-state index is 14.9. The minimum Gasteiger partial charge on any atom is -0.421 e. The molecule has 0 atom stereocenters. The number of aromatic amines is 2. The number of ether oxygens (including phenoxy) is 1. The molecule has 0 bridgehead atoms. The van der Waals surface area contributed by atoms with E-state index in [-0.39, 0.29) is 22.7 Å². The van der Waals surface area contributed by atoms with Crippen LogP contribution in [0, 0.1) is 18.6 Å². The number of H-pyrrole nitrogens is 2. The summed E-state index contributed by atoms with van der Waals surface area (Å²) in [6.07, 6.45) is 3.75. The van der Waals surface area contributed by atoms with E-state index in [4.69, 9.17) is 4.74 Å². The van der Waals surface area contributed by atoms with Crippen LogP contribution >= 0.6 is 0 Å². The Kier molecular flexibility index (Phi) is 5.28.